The van der Waals surface area contributed by atoms with E-state index in [2.05, 4.69) is 10.9 Å². The Kier molecular flexibility index (Phi) is 5.82. The average Bonchev–Trinajstić information content (AvgIpc) is 3.07. The fourth-order valence-electron chi connectivity index (χ4n) is 1.58. The normalized spacial score (nSPS) is 10.4. The Balaban J connectivity index is 1.73. The first-order valence-corrected chi connectivity index (χ1v) is 6.83. The molecule has 0 unspecified atom stereocenters. The van der Waals surface area contributed by atoms with Crippen LogP contribution in [0.4, 0.5) is 10.3 Å². The minimum atomic E-state index is -0.710. The van der Waals surface area contributed by atoms with Crippen molar-refractivity contribution in [3.8, 4) is 5.75 Å². The molecule has 2 aromatic rings. The summed E-state index contributed by atoms with van der Waals surface area (Å²) in [5.41, 5.74) is 4.18. The lowest BCUT2D eigenvalue weighted by Crippen LogP contribution is -2.43. The molecule has 1 aromatic heterocycles. The summed E-state index contributed by atoms with van der Waals surface area (Å²) >= 11 is 0. The number of halogens is 1. The maximum Gasteiger partial charge on any atom is 0.433 e. The molecule has 0 radical (unpaired) electrons. The first-order valence-electron chi connectivity index (χ1n) is 6.83. The molecule has 2 N–H and O–H groups in total. The zero-order valence-corrected chi connectivity index (χ0v) is 12.6. The van der Waals surface area contributed by atoms with Crippen molar-refractivity contribution in [1.29, 1.82) is 0 Å². The summed E-state index contributed by atoms with van der Waals surface area (Å²) in [5.74, 6) is -1.81. The van der Waals surface area contributed by atoms with Crippen molar-refractivity contribution in [2.75, 3.05) is 6.61 Å². The largest absolute Gasteiger partial charge is 0.484 e. The number of rotatable bonds is 6. The van der Waals surface area contributed by atoms with Crippen LogP contribution in [0.25, 0.3) is 6.08 Å². The lowest BCUT2D eigenvalue weighted by atomic mass is 10.3. The van der Waals surface area contributed by atoms with Gasteiger partial charge in [0.2, 0.25) is 0 Å². The van der Waals surface area contributed by atoms with Crippen molar-refractivity contribution < 1.29 is 28.1 Å². The van der Waals surface area contributed by atoms with Crippen LogP contribution in [0, 0.1) is 15.9 Å². The van der Waals surface area contributed by atoms with Gasteiger partial charge in [0.05, 0.1) is 6.07 Å². The number of amides is 2. The minimum absolute atomic E-state index is 0.104. The highest BCUT2D eigenvalue weighted by atomic mass is 19.1. The monoisotopic (exact) mass is 349 g/mol. The molecule has 130 valence electrons. The Morgan fingerprint density at radius 2 is 1.92 bits per heavy atom. The predicted octanol–water partition coefficient (Wildman–Crippen LogP) is 1.57. The first-order chi connectivity index (χ1) is 11.9. The van der Waals surface area contributed by atoms with Crippen LogP contribution < -0.4 is 15.6 Å². The van der Waals surface area contributed by atoms with Crippen molar-refractivity contribution in [3.05, 3.63) is 64.2 Å². The Hall–Kier alpha value is -3.69. The second-order valence-corrected chi connectivity index (χ2v) is 4.55. The fourth-order valence-corrected chi connectivity index (χ4v) is 1.58. The molecule has 0 saturated carbocycles. The highest BCUT2D eigenvalue weighted by Gasteiger charge is 2.10. The topological polar surface area (TPSA) is 124 Å². The molecule has 1 heterocycles. The van der Waals surface area contributed by atoms with Gasteiger partial charge in [-0.15, -0.1) is 0 Å². The van der Waals surface area contributed by atoms with E-state index in [1.165, 1.54) is 36.4 Å². The smallest absolute Gasteiger partial charge is 0.433 e. The van der Waals surface area contributed by atoms with Crippen LogP contribution in [-0.2, 0) is 9.59 Å². The number of nitrogens with one attached hydrogen (secondary N) is 2. The van der Waals surface area contributed by atoms with Crippen LogP contribution in [0.3, 0.4) is 0 Å². The number of nitrogens with zero attached hydrogens (tertiary/aromatic N) is 1. The highest BCUT2D eigenvalue weighted by Crippen LogP contribution is 2.16. The number of nitro groups is 1. The molecule has 0 saturated heterocycles. The van der Waals surface area contributed by atoms with Crippen LogP contribution in [0.2, 0.25) is 0 Å². The summed E-state index contributed by atoms with van der Waals surface area (Å²) in [6.07, 6.45) is 2.22. The SMILES string of the molecule is O=C(/C=C/c1ccc([N+](=O)[O-])o1)NNC(=O)COc1ccc(F)cc1. The van der Waals surface area contributed by atoms with E-state index in [9.17, 15) is 24.1 Å². The van der Waals surface area contributed by atoms with Crippen LogP contribution in [0.15, 0.2) is 46.9 Å². The van der Waals surface area contributed by atoms with Gasteiger partial charge in [-0.1, -0.05) is 0 Å². The molecule has 0 fully saturated rings. The van der Waals surface area contributed by atoms with Crippen LogP contribution in [0.5, 0.6) is 5.75 Å². The lowest BCUT2D eigenvalue weighted by Gasteiger charge is -2.07. The molecule has 0 atom stereocenters. The standard InChI is InChI=1S/C15H12FN3O6/c16-10-1-3-11(4-2-10)24-9-14(21)18-17-13(20)7-5-12-6-8-15(25-12)19(22)23/h1-8H,9H2,(H,17,20)(H,18,21)/b7-5+. The van der Waals surface area contributed by atoms with E-state index < -0.39 is 28.4 Å². The van der Waals surface area contributed by atoms with Gasteiger partial charge < -0.3 is 9.15 Å². The quantitative estimate of drug-likeness (QED) is 0.463. The predicted molar refractivity (Wildman–Crippen MR) is 82.6 cm³/mol. The van der Waals surface area contributed by atoms with Gasteiger partial charge in [-0.2, -0.15) is 0 Å². The number of benzene rings is 1. The molecular weight excluding hydrogens is 337 g/mol. The number of furan rings is 1. The third-order valence-corrected chi connectivity index (χ3v) is 2.70. The Bertz CT molecular complexity index is 800. The Labute approximate surface area is 140 Å². The van der Waals surface area contributed by atoms with Gasteiger partial charge in [-0.05, 0) is 36.4 Å². The molecule has 25 heavy (non-hydrogen) atoms. The Morgan fingerprint density at radius 3 is 2.56 bits per heavy atom. The van der Waals surface area contributed by atoms with Crippen molar-refractivity contribution >= 4 is 23.8 Å². The van der Waals surface area contributed by atoms with E-state index in [-0.39, 0.29) is 12.4 Å². The zero-order chi connectivity index (χ0) is 18.2. The second kappa shape index (κ2) is 8.24. The van der Waals surface area contributed by atoms with Crippen molar-refractivity contribution in [2.45, 2.75) is 0 Å². The summed E-state index contributed by atoms with van der Waals surface area (Å²) in [5, 5.41) is 10.4. The van der Waals surface area contributed by atoms with E-state index in [1.54, 1.807) is 0 Å². The molecule has 2 rings (SSSR count). The summed E-state index contributed by atoms with van der Waals surface area (Å²) in [7, 11) is 0. The number of hydrogen-bond donors (Lipinski definition) is 2. The third kappa shape index (κ3) is 5.78. The maximum absolute atomic E-state index is 12.7. The molecule has 10 heteroatoms. The molecule has 9 nitrogen and oxygen atoms in total. The van der Waals surface area contributed by atoms with Crippen molar-refractivity contribution in [2.24, 2.45) is 0 Å². The van der Waals surface area contributed by atoms with E-state index in [1.807, 2.05) is 0 Å². The van der Waals surface area contributed by atoms with Crippen molar-refractivity contribution in [1.82, 2.24) is 10.9 Å². The molecule has 0 spiro atoms. The molecule has 0 aliphatic heterocycles. The van der Waals surface area contributed by atoms with Crippen molar-refractivity contribution in [3.63, 3.8) is 0 Å². The second-order valence-electron chi connectivity index (χ2n) is 4.55. The summed E-state index contributed by atoms with van der Waals surface area (Å²) in [4.78, 5) is 32.7. The number of hydrogen-bond acceptors (Lipinski definition) is 6. The van der Waals surface area contributed by atoms with Gasteiger partial charge in [0, 0.05) is 6.08 Å². The van der Waals surface area contributed by atoms with Crippen LogP contribution >= 0.6 is 0 Å². The van der Waals surface area contributed by atoms with Gasteiger partial charge in [-0.25, -0.2) is 4.39 Å². The highest BCUT2D eigenvalue weighted by molar-refractivity contribution is 5.92. The fraction of sp³-hybridized carbons (Fsp3) is 0.0667. The number of carbonyl (C=O) groups excluding carboxylic acids is 2. The molecule has 0 aliphatic carbocycles. The van der Waals surface area contributed by atoms with Gasteiger partial charge in [0.15, 0.2) is 6.61 Å². The lowest BCUT2D eigenvalue weighted by molar-refractivity contribution is -0.402. The molecule has 0 bridgehead atoms. The van der Waals surface area contributed by atoms with Gasteiger partial charge in [0.1, 0.15) is 22.3 Å². The first kappa shape index (κ1) is 17.7. The van der Waals surface area contributed by atoms with E-state index in [0.29, 0.717) is 5.75 Å². The summed E-state index contributed by atoms with van der Waals surface area (Å²) < 4.78 is 22.6. The molecule has 1 aromatic carbocycles. The number of ether oxygens (including phenoxy) is 1. The zero-order valence-electron chi connectivity index (χ0n) is 12.6. The third-order valence-electron chi connectivity index (χ3n) is 2.70. The molecule has 2 amide bonds. The van der Waals surface area contributed by atoms with Gasteiger partial charge >= 0.3 is 5.88 Å². The van der Waals surface area contributed by atoms with Gasteiger partial charge in [-0.3, -0.25) is 30.6 Å². The van der Waals surface area contributed by atoms with E-state index in [0.717, 1.165) is 12.1 Å². The van der Waals surface area contributed by atoms with Crippen LogP contribution in [0.1, 0.15) is 5.76 Å². The molecular formula is C15H12FN3O6. The average molecular weight is 349 g/mol. The minimum Gasteiger partial charge on any atom is -0.484 e. The Morgan fingerprint density at radius 1 is 1.20 bits per heavy atom. The number of carbonyl (C=O) groups is 2. The molecule has 0 aliphatic rings. The van der Waals surface area contributed by atoms with Gasteiger partial charge in [0.25, 0.3) is 11.8 Å². The van der Waals surface area contributed by atoms with Crippen LogP contribution in [-0.4, -0.2) is 23.3 Å². The summed E-state index contributed by atoms with van der Waals surface area (Å²) in [6.45, 7) is -0.389. The summed E-state index contributed by atoms with van der Waals surface area (Å²) in [6, 6.07) is 7.53. The maximum atomic E-state index is 12.7. The number of hydrazine groups is 1. The van der Waals surface area contributed by atoms with E-state index >= 15 is 0 Å². The van der Waals surface area contributed by atoms with E-state index in [4.69, 9.17) is 9.15 Å².